The zero-order valence-corrected chi connectivity index (χ0v) is 19.6. The van der Waals surface area contributed by atoms with Gasteiger partial charge >= 0.3 is 0 Å². The van der Waals surface area contributed by atoms with Gasteiger partial charge in [-0.15, -0.1) is 0 Å². The highest BCUT2D eigenvalue weighted by Gasteiger charge is 2.39. The van der Waals surface area contributed by atoms with Gasteiger partial charge in [0.1, 0.15) is 0 Å². The lowest BCUT2D eigenvalue weighted by Crippen LogP contribution is -2.49. The second-order valence-corrected chi connectivity index (χ2v) is 8.88. The molecule has 0 aliphatic carbocycles. The summed E-state index contributed by atoms with van der Waals surface area (Å²) in [4.78, 5) is 28.3. The van der Waals surface area contributed by atoms with Crippen LogP contribution in [0.15, 0.2) is 77.7 Å². The lowest BCUT2D eigenvalue weighted by atomic mass is 9.83. The first-order valence-electron chi connectivity index (χ1n) is 11.8. The second-order valence-electron chi connectivity index (χ2n) is 8.88. The Bertz CT molecular complexity index is 1100. The van der Waals surface area contributed by atoms with E-state index >= 15 is 0 Å². The van der Waals surface area contributed by atoms with E-state index in [2.05, 4.69) is 31.2 Å². The highest BCUT2D eigenvalue weighted by atomic mass is 16.5. The molecular weight excluding hydrogens is 412 g/mol. The van der Waals surface area contributed by atoms with Crippen LogP contribution in [0.1, 0.15) is 67.2 Å². The lowest BCUT2D eigenvalue weighted by Gasteiger charge is -2.42. The topological polar surface area (TPSA) is 51.5 Å². The van der Waals surface area contributed by atoms with Crippen LogP contribution in [-0.2, 0) is 0 Å². The predicted octanol–water partition coefficient (Wildman–Crippen LogP) is 5.26. The van der Waals surface area contributed by atoms with Crippen LogP contribution in [0, 0.1) is 0 Å². The molecular formula is C28H32N2O3. The summed E-state index contributed by atoms with van der Waals surface area (Å²) in [6.07, 6.45) is 3.55. The molecule has 0 fully saturated rings. The Hall–Kier alpha value is -3.34. The summed E-state index contributed by atoms with van der Waals surface area (Å²) in [7, 11) is 0. The third-order valence-corrected chi connectivity index (χ3v) is 6.36. The first-order valence-corrected chi connectivity index (χ1v) is 11.8. The van der Waals surface area contributed by atoms with Gasteiger partial charge in [0, 0.05) is 30.8 Å². The summed E-state index contributed by atoms with van der Waals surface area (Å²) < 4.78 is 7.91. The Morgan fingerprint density at radius 1 is 0.939 bits per heavy atom. The van der Waals surface area contributed by atoms with Crippen molar-refractivity contribution < 1.29 is 9.53 Å². The second kappa shape index (κ2) is 10.1. The molecule has 4 rings (SSSR count). The van der Waals surface area contributed by atoms with Crippen LogP contribution < -0.4 is 10.2 Å². The van der Waals surface area contributed by atoms with Crippen molar-refractivity contribution in [2.24, 2.45) is 0 Å². The van der Waals surface area contributed by atoms with E-state index in [0.29, 0.717) is 18.8 Å². The number of rotatable bonds is 8. The molecule has 1 amide bonds. The fourth-order valence-corrected chi connectivity index (χ4v) is 4.65. The van der Waals surface area contributed by atoms with Gasteiger partial charge in [-0.05, 0) is 31.4 Å². The standard InChI is InChI=1S/C28H32N2O3/c1-4-5-18-33-27-24(31)16-17-29-23(19-30(20(2)3)28(32)26(27)29)25(21-12-8-6-9-13-21)22-14-10-7-11-15-22/h6-17,20,23,25H,4-5,18-19H2,1-3H3. The van der Waals surface area contributed by atoms with Gasteiger partial charge in [-0.3, -0.25) is 9.59 Å². The van der Waals surface area contributed by atoms with Crippen LogP contribution in [-0.4, -0.2) is 34.6 Å². The van der Waals surface area contributed by atoms with Crippen molar-refractivity contribution in [3.05, 3.63) is 100.0 Å². The Balaban J connectivity index is 1.91. The van der Waals surface area contributed by atoms with Gasteiger partial charge in [-0.1, -0.05) is 74.0 Å². The largest absolute Gasteiger partial charge is 0.487 e. The van der Waals surface area contributed by atoms with Crippen molar-refractivity contribution in [1.29, 1.82) is 0 Å². The number of hydrogen-bond acceptors (Lipinski definition) is 3. The smallest absolute Gasteiger partial charge is 0.274 e. The van der Waals surface area contributed by atoms with Crippen LogP contribution >= 0.6 is 0 Å². The zero-order valence-electron chi connectivity index (χ0n) is 19.6. The Morgan fingerprint density at radius 2 is 1.55 bits per heavy atom. The van der Waals surface area contributed by atoms with Crippen molar-refractivity contribution in [2.45, 2.75) is 51.6 Å². The molecule has 1 unspecified atom stereocenters. The number of carbonyl (C=O) groups excluding carboxylic acids is 1. The van der Waals surface area contributed by atoms with Crippen LogP contribution in [0.2, 0.25) is 0 Å². The molecule has 0 saturated carbocycles. The highest BCUT2D eigenvalue weighted by Crippen LogP contribution is 2.40. The molecule has 172 valence electrons. The van der Waals surface area contributed by atoms with Crippen molar-refractivity contribution in [1.82, 2.24) is 9.47 Å². The van der Waals surface area contributed by atoms with Gasteiger partial charge in [-0.25, -0.2) is 0 Å². The number of hydrogen-bond donors (Lipinski definition) is 0. The van der Waals surface area contributed by atoms with E-state index in [1.807, 2.05) is 59.7 Å². The van der Waals surface area contributed by atoms with Gasteiger partial charge < -0.3 is 14.2 Å². The molecule has 0 bridgehead atoms. The molecule has 1 aromatic heterocycles. The van der Waals surface area contributed by atoms with Crippen molar-refractivity contribution in [3.8, 4) is 5.75 Å². The first-order chi connectivity index (χ1) is 16.0. The number of benzene rings is 2. The molecule has 5 nitrogen and oxygen atoms in total. The summed E-state index contributed by atoms with van der Waals surface area (Å²) in [6.45, 7) is 7.08. The maximum Gasteiger partial charge on any atom is 0.274 e. The van der Waals surface area contributed by atoms with Gasteiger partial charge in [0.25, 0.3) is 5.91 Å². The monoisotopic (exact) mass is 444 g/mol. The molecule has 0 N–H and O–H groups in total. The number of amides is 1. The SMILES string of the molecule is CCCCOc1c2n(ccc1=O)C(C(c1ccccc1)c1ccccc1)CN(C(C)C)C2=O. The summed E-state index contributed by atoms with van der Waals surface area (Å²) >= 11 is 0. The molecule has 33 heavy (non-hydrogen) atoms. The normalized spacial score (nSPS) is 15.7. The molecule has 5 heteroatoms. The van der Waals surface area contributed by atoms with Crippen molar-refractivity contribution in [2.75, 3.05) is 13.2 Å². The quantitative estimate of drug-likeness (QED) is 0.445. The minimum Gasteiger partial charge on any atom is -0.487 e. The molecule has 0 spiro atoms. The Labute approximate surface area is 195 Å². The average Bonchev–Trinajstić information content (AvgIpc) is 2.83. The predicted molar refractivity (Wildman–Crippen MR) is 131 cm³/mol. The average molecular weight is 445 g/mol. The third kappa shape index (κ3) is 4.58. The molecule has 2 heterocycles. The van der Waals surface area contributed by atoms with E-state index in [0.717, 1.165) is 12.8 Å². The zero-order chi connectivity index (χ0) is 23.4. The summed E-state index contributed by atoms with van der Waals surface area (Å²) in [5, 5.41) is 0. The summed E-state index contributed by atoms with van der Waals surface area (Å²) in [5.74, 6) is 0.0305. The summed E-state index contributed by atoms with van der Waals surface area (Å²) in [6, 6.07) is 22.2. The van der Waals surface area contributed by atoms with Crippen LogP contribution in [0.5, 0.6) is 5.75 Å². The van der Waals surface area contributed by atoms with Crippen molar-refractivity contribution in [3.63, 3.8) is 0 Å². The fourth-order valence-electron chi connectivity index (χ4n) is 4.65. The number of nitrogens with zero attached hydrogens (tertiary/aromatic N) is 2. The molecule has 0 radical (unpaired) electrons. The van der Waals surface area contributed by atoms with E-state index < -0.39 is 0 Å². The van der Waals surface area contributed by atoms with Gasteiger partial charge in [0.15, 0.2) is 11.4 Å². The fraction of sp³-hybridized carbons (Fsp3) is 0.357. The number of ether oxygens (including phenoxy) is 1. The van der Waals surface area contributed by atoms with E-state index in [9.17, 15) is 9.59 Å². The van der Waals surface area contributed by atoms with Crippen LogP contribution in [0.4, 0.5) is 0 Å². The van der Waals surface area contributed by atoms with E-state index in [-0.39, 0.29) is 35.1 Å². The Morgan fingerprint density at radius 3 is 2.09 bits per heavy atom. The van der Waals surface area contributed by atoms with Gasteiger partial charge in [-0.2, -0.15) is 0 Å². The molecule has 1 atom stereocenters. The number of unbranched alkanes of at least 4 members (excludes halogenated alkanes) is 1. The third-order valence-electron chi connectivity index (χ3n) is 6.36. The maximum absolute atomic E-state index is 13.6. The van der Waals surface area contributed by atoms with E-state index in [4.69, 9.17) is 4.74 Å². The number of pyridine rings is 1. The molecule has 0 saturated heterocycles. The van der Waals surface area contributed by atoms with E-state index in [1.54, 1.807) is 6.20 Å². The first kappa shape index (κ1) is 22.8. The van der Waals surface area contributed by atoms with Crippen LogP contribution in [0.3, 0.4) is 0 Å². The maximum atomic E-state index is 13.6. The van der Waals surface area contributed by atoms with Gasteiger partial charge in [0.2, 0.25) is 5.43 Å². The van der Waals surface area contributed by atoms with Crippen molar-refractivity contribution >= 4 is 5.91 Å². The number of carbonyl (C=O) groups is 1. The minimum absolute atomic E-state index is 0.000235. The van der Waals surface area contributed by atoms with Crippen LogP contribution in [0.25, 0.3) is 0 Å². The Kier molecular flexibility index (Phi) is 6.97. The number of aromatic nitrogens is 1. The molecule has 1 aliphatic rings. The van der Waals surface area contributed by atoms with E-state index in [1.165, 1.54) is 17.2 Å². The number of fused-ring (bicyclic) bond motifs is 1. The molecule has 3 aromatic rings. The minimum atomic E-state index is -0.244. The molecule has 1 aliphatic heterocycles. The summed E-state index contributed by atoms with van der Waals surface area (Å²) in [5.41, 5.74) is 2.46. The molecule has 2 aromatic carbocycles. The highest BCUT2D eigenvalue weighted by molar-refractivity contribution is 5.96. The van der Waals surface area contributed by atoms with Gasteiger partial charge in [0.05, 0.1) is 12.6 Å². The lowest BCUT2D eigenvalue weighted by molar-refractivity contribution is 0.0585.